The molecule has 0 radical (unpaired) electrons. The van der Waals surface area contributed by atoms with Crippen LogP contribution >= 0.6 is 12.4 Å². The number of ether oxygens (including phenoxy) is 2. The molecule has 1 aliphatic carbocycles. The zero-order valence-corrected chi connectivity index (χ0v) is 13.2. The molecule has 2 rings (SSSR count). The molecule has 1 aliphatic rings. The van der Waals surface area contributed by atoms with Crippen LogP contribution < -0.4 is 10.5 Å². The van der Waals surface area contributed by atoms with Gasteiger partial charge >= 0.3 is 0 Å². The van der Waals surface area contributed by atoms with Crippen LogP contribution in [0.15, 0.2) is 18.2 Å². The second-order valence-corrected chi connectivity index (χ2v) is 5.51. The molecule has 1 saturated carbocycles. The first kappa shape index (κ1) is 17.3. The van der Waals surface area contributed by atoms with Crippen LogP contribution in [0.5, 0.6) is 5.75 Å². The molecule has 1 unspecified atom stereocenters. The highest BCUT2D eigenvalue weighted by Crippen LogP contribution is 2.31. The largest absolute Gasteiger partial charge is 0.493 e. The lowest BCUT2D eigenvalue weighted by atomic mass is 10.0. The Morgan fingerprint density at radius 2 is 2.10 bits per heavy atom. The van der Waals surface area contributed by atoms with E-state index in [1.807, 2.05) is 13.8 Å². The Kier molecular flexibility index (Phi) is 7.35. The second-order valence-electron chi connectivity index (χ2n) is 5.51. The number of hydrogen-bond donors (Lipinski definition) is 1. The number of hydrogen-bond acceptors (Lipinski definition) is 3. The monoisotopic (exact) mass is 299 g/mol. The third-order valence-corrected chi connectivity index (χ3v) is 3.31. The molecule has 114 valence electrons. The summed E-state index contributed by atoms with van der Waals surface area (Å²) in [5, 5.41) is 0. The van der Waals surface area contributed by atoms with Crippen molar-refractivity contribution in [2.24, 2.45) is 11.7 Å². The van der Waals surface area contributed by atoms with E-state index in [0.717, 1.165) is 31.3 Å². The molecule has 1 aromatic rings. The number of rotatable bonds is 8. The number of nitrogens with two attached hydrogens (primary N) is 1. The van der Waals surface area contributed by atoms with E-state index in [-0.39, 0.29) is 18.4 Å². The highest BCUT2D eigenvalue weighted by atomic mass is 35.5. The van der Waals surface area contributed by atoms with Crippen LogP contribution in [0, 0.1) is 5.92 Å². The van der Waals surface area contributed by atoms with Crippen molar-refractivity contribution in [2.45, 2.75) is 45.8 Å². The van der Waals surface area contributed by atoms with E-state index in [9.17, 15) is 0 Å². The maximum atomic E-state index is 5.93. The van der Waals surface area contributed by atoms with E-state index in [4.69, 9.17) is 15.2 Å². The summed E-state index contributed by atoms with van der Waals surface area (Å²) in [7, 11) is 0. The Morgan fingerprint density at radius 1 is 1.35 bits per heavy atom. The van der Waals surface area contributed by atoms with Crippen molar-refractivity contribution < 1.29 is 9.47 Å². The van der Waals surface area contributed by atoms with E-state index in [1.165, 1.54) is 24.0 Å². The van der Waals surface area contributed by atoms with Crippen molar-refractivity contribution in [3.63, 3.8) is 0 Å². The van der Waals surface area contributed by atoms with E-state index in [2.05, 4.69) is 18.2 Å². The molecule has 0 saturated heterocycles. The highest BCUT2D eigenvalue weighted by molar-refractivity contribution is 5.85. The molecule has 0 aromatic heterocycles. The Bertz CT molecular complexity index is 405. The van der Waals surface area contributed by atoms with Gasteiger partial charge in [-0.15, -0.1) is 12.4 Å². The molecule has 20 heavy (non-hydrogen) atoms. The van der Waals surface area contributed by atoms with Gasteiger partial charge in [-0.2, -0.15) is 0 Å². The van der Waals surface area contributed by atoms with Crippen LogP contribution in [-0.2, 0) is 17.8 Å². The van der Waals surface area contributed by atoms with Crippen molar-refractivity contribution in [1.29, 1.82) is 0 Å². The van der Waals surface area contributed by atoms with Gasteiger partial charge in [-0.05, 0) is 62.3 Å². The lowest BCUT2D eigenvalue weighted by Gasteiger charge is -2.14. The smallest absolute Gasteiger partial charge is 0.122 e. The van der Waals surface area contributed by atoms with Gasteiger partial charge in [-0.3, -0.25) is 0 Å². The summed E-state index contributed by atoms with van der Waals surface area (Å²) in [5.41, 5.74) is 8.32. The molecule has 1 fully saturated rings. The topological polar surface area (TPSA) is 44.5 Å². The minimum absolute atomic E-state index is 0. The minimum Gasteiger partial charge on any atom is -0.493 e. The summed E-state index contributed by atoms with van der Waals surface area (Å²) in [6.07, 6.45) is 3.47. The fraction of sp³-hybridized carbons (Fsp3) is 0.625. The third-order valence-electron chi connectivity index (χ3n) is 3.31. The molecule has 0 heterocycles. The van der Waals surface area contributed by atoms with E-state index < -0.39 is 0 Å². The molecule has 0 bridgehead atoms. The van der Waals surface area contributed by atoms with Gasteiger partial charge in [-0.25, -0.2) is 0 Å². The van der Waals surface area contributed by atoms with Crippen LogP contribution in [0.2, 0.25) is 0 Å². The molecule has 1 aromatic carbocycles. The second kappa shape index (κ2) is 8.50. The Hall–Kier alpha value is -0.770. The average molecular weight is 300 g/mol. The predicted molar refractivity (Wildman–Crippen MR) is 84.6 cm³/mol. The van der Waals surface area contributed by atoms with Crippen LogP contribution in [0.4, 0.5) is 0 Å². The van der Waals surface area contributed by atoms with Gasteiger partial charge in [0, 0.05) is 12.6 Å². The minimum atomic E-state index is 0. The summed E-state index contributed by atoms with van der Waals surface area (Å²) < 4.78 is 11.4. The summed E-state index contributed by atoms with van der Waals surface area (Å²) in [6.45, 7) is 6.28. The summed E-state index contributed by atoms with van der Waals surface area (Å²) in [6, 6.07) is 6.46. The van der Waals surface area contributed by atoms with E-state index >= 15 is 0 Å². The van der Waals surface area contributed by atoms with Crippen molar-refractivity contribution >= 4 is 12.4 Å². The summed E-state index contributed by atoms with van der Waals surface area (Å²) in [5.74, 6) is 1.76. The fourth-order valence-corrected chi connectivity index (χ4v) is 2.08. The maximum absolute atomic E-state index is 5.93. The zero-order chi connectivity index (χ0) is 13.7. The van der Waals surface area contributed by atoms with Gasteiger partial charge in [0.15, 0.2) is 0 Å². The lowest BCUT2D eigenvalue weighted by Crippen LogP contribution is -2.18. The molecular formula is C16H26ClNO2. The first-order valence-corrected chi connectivity index (χ1v) is 7.27. The number of halogens is 1. The van der Waals surface area contributed by atoms with Crippen LogP contribution in [0.1, 0.15) is 37.8 Å². The van der Waals surface area contributed by atoms with Crippen LogP contribution in [0.3, 0.4) is 0 Å². The summed E-state index contributed by atoms with van der Waals surface area (Å²) >= 11 is 0. The van der Waals surface area contributed by atoms with Gasteiger partial charge in [-0.1, -0.05) is 6.07 Å². The molecule has 2 N–H and O–H groups in total. The first-order chi connectivity index (χ1) is 9.19. The SMILES string of the molecule is CCOCc1ccc(OCC2CC2)c(CC(C)N)c1.Cl. The van der Waals surface area contributed by atoms with Gasteiger partial charge in [0.25, 0.3) is 0 Å². The molecule has 4 heteroatoms. The summed E-state index contributed by atoms with van der Waals surface area (Å²) in [4.78, 5) is 0. The lowest BCUT2D eigenvalue weighted by molar-refractivity contribution is 0.134. The van der Waals surface area contributed by atoms with Gasteiger partial charge < -0.3 is 15.2 Å². The van der Waals surface area contributed by atoms with E-state index in [1.54, 1.807) is 0 Å². The molecular weight excluding hydrogens is 274 g/mol. The quantitative estimate of drug-likeness (QED) is 0.801. The van der Waals surface area contributed by atoms with Crippen molar-refractivity contribution in [1.82, 2.24) is 0 Å². The van der Waals surface area contributed by atoms with Crippen LogP contribution in [0.25, 0.3) is 0 Å². The van der Waals surface area contributed by atoms with Crippen molar-refractivity contribution in [2.75, 3.05) is 13.2 Å². The van der Waals surface area contributed by atoms with E-state index in [0.29, 0.717) is 6.61 Å². The average Bonchev–Trinajstić information content (AvgIpc) is 3.18. The Balaban J connectivity index is 0.00000200. The first-order valence-electron chi connectivity index (χ1n) is 7.27. The van der Waals surface area contributed by atoms with Crippen molar-refractivity contribution in [3.05, 3.63) is 29.3 Å². The Labute approximate surface area is 128 Å². The fourth-order valence-electron chi connectivity index (χ4n) is 2.08. The van der Waals surface area contributed by atoms with Crippen molar-refractivity contribution in [3.8, 4) is 5.75 Å². The van der Waals surface area contributed by atoms with Gasteiger partial charge in [0.1, 0.15) is 5.75 Å². The van der Waals surface area contributed by atoms with Gasteiger partial charge in [0.05, 0.1) is 13.2 Å². The molecule has 0 spiro atoms. The van der Waals surface area contributed by atoms with Gasteiger partial charge in [0.2, 0.25) is 0 Å². The van der Waals surface area contributed by atoms with Crippen LogP contribution in [-0.4, -0.2) is 19.3 Å². The zero-order valence-electron chi connectivity index (χ0n) is 12.4. The Morgan fingerprint density at radius 3 is 2.70 bits per heavy atom. The third kappa shape index (κ3) is 5.70. The number of benzene rings is 1. The molecule has 1 atom stereocenters. The normalized spacial score (nSPS) is 15.6. The molecule has 0 aliphatic heterocycles. The molecule has 3 nitrogen and oxygen atoms in total. The highest BCUT2D eigenvalue weighted by Gasteiger charge is 2.22. The maximum Gasteiger partial charge on any atom is 0.122 e. The molecule has 0 amide bonds. The standard InChI is InChI=1S/C16H25NO2.ClH/c1-3-18-10-14-6-7-16(19-11-13-4-5-13)15(9-14)8-12(2)17;/h6-7,9,12-13H,3-5,8,10-11,17H2,1-2H3;1H. The predicted octanol–water partition coefficient (Wildman–Crippen LogP) is 3.32.